The summed E-state index contributed by atoms with van der Waals surface area (Å²) in [6.07, 6.45) is 3.99. The van der Waals surface area contributed by atoms with Crippen LogP contribution in [0, 0.1) is 11.3 Å². The molecule has 2 N–H and O–H groups in total. The third kappa shape index (κ3) is 7.14. The van der Waals surface area contributed by atoms with E-state index in [0.29, 0.717) is 31.4 Å². The summed E-state index contributed by atoms with van der Waals surface area (Å²) in [5, 5.41) is 21.1. The number of carbonyl (C=O) groups excluding carboxylic acids is 2. The number of carbonyl (C=O) groups is 2. The van der Waals surface area contributed by atoms with Crippen LogP contribution in [0.3, 0.4) is 0 Å². The number of phenolic OH excluding ortho intramolecular Hbond substituents is 1. The number of ether oxygens (including phenoxy) is 1. The second kappa shape index (κ2) is 10.0. The van der Waals surface area contributed by atoms with Crippen molar-refractivity contribution in [1.82, 2.24) is 5.32 Å². The first-order chi connectivity index (χ1) is 11.1. The van der Waals surface area contributed by atoms with Crippen LogP contribution < -0.4 is 5.32 Å². The van der Waals surface area contributed by atoms with Crippen molar-refractivity contribution in [3.63, 3.8) is 0 Å². The van der Waals surface area contributed by atoms with E-state index in [1.165, 1.54) is 25.3 Å². The van der Waals surface area contributed by atoms with Crippen molar-refractivity contribution in [1.29, 1.82) is 5.26 Å². The second-order valence-electron chi connectivity index (χ2n) is 4.91. The highest BCUT2D eigenvalue weighted by Gasteiger charge is 2.08. The molecule has 0 heterocycles. The zero-order valence-corrected chi connectivity index (χ0v) is 13.0. The second-order valence-corrected chi connectivity index (χ2v) is 4.91. The van der Waals surface area contributed by atoms with Crippen LogP contribution in [0.5, 0.6) is 5.75 Å². The van der Waals surface area contributed by atoms with Gasteiger partial charge in [-0.15, -0.1) is 0 Å². The Labute approximate surface area is 135 Å². The van der Waals surface area contributed by atoms with Crippen LogP contribution in [-0.2, 0) is 14.3 Å². The first kappa shape index (κ1) is 18.2. The van der Waals surface area contributed by atoms with E-state index in [2.05, 4.69) is 10.1 Å². The van der Waals surface area contributed by atoms with Gasteiger partial charge in [0.15, 0.2) is 0 Å². The fourth-order valence-corrected chi connectivity index (χ4v) is 1.90. The minimum atomic E-state index is -0.455. The summed E-state index contributed by atoms with van der Waals surface area (Å²) in [5.74, 6) is -0.624. The Morgan fingerprint density at radius 3 is 2.78 bits per heavy atom. The molecule has 1 aromatic rings. The van der Waals surface area contributed by atoms with Gasteiger partial charge in [0, 0.05) is 13.0 Å². The third-order valence-electron chi connectivity index (χ3n) is 3.12. The summed E-state index contributed by atoms with van der Waals surface area (Å²) in [4.78, 5) is 22.8. The normalized spacial score (nSPS) is 10.7. The molecule has 0 bridgehead atoms. The molecule has 0 saturated carbocycles. The lowest BCUT2D eigenvalue weighted by molar-refractivity contribution is -0.140. The summed E-state index contributed by atoms with van der Waals surface area (Å²) in [7, 11) is 1.35. The van der Waals surface area contributed by atoms with Gasteiger partial charge < -0.3 is 15.2 Å². The SMILES string of the molecule is COC(=O)CCCCCNC(=O)/C(C#N)=C/c1cccc(O)c1. The molecule has 0 fully saturated rings. The number of nitrogens with zero attached hydrogens (tertiary/aromatic N) is 1. The number of esters is 1. The highest BCUT2D eigenvalue weighted by molar-refractivity contribution is 6.01. The molecule has 122 valence electrons. The largest absolute Gasteiger partial charge is 0.508 e. The van der Waals surface area contributed by atoms with Crippen molar-refractivity contribution in [2.45, 2.75) is 25.7 Å². The fourth-order valence-electron chi connectivity index (χ4n) is 1.90. The van der Waals surface area contributed by atoms with E-state index in [4.69, 9.17) is 5.26 Å². The topological polar surface area (TPSA) is 99.4 Å². The molecule has 0 aliphatic carbocycles. The minimum Gasteiger partial charge on any atom is -0.508 e. The van der Waals surface area contributed by atoms with Crippen LogP contribution in [0.15, 0.2) is 29.8 Å². The summed E-state index contributed by atoms with van der Waals surface area (Å²) >= 11 is 0. The number of nitrogens with one attached hydrogen (secondary N) is 1. The lowest BCUT2D eigenvalue weighted by Gasteiger charge is -2.04. The number of nitriles is 1. The smallest absolute Gasteiger partial charge is 0.305 e. The number of amides is 1. The van der Waals surface area contributed by atoms with Crippen molar-refractivity contribution >= 4 is 18.0 Å². The molecule has 0 radical (unpaired) electrons. The molecule has 0 saturated heterocycles. The van der Waals surface area contributed by atoms with Gasteiger partial charge in [0.2, 0.25) is 0 Å². The molecule has 1 aromatic carbocycles. The number of unbranched alkanes of at least 4 members (excludes halogenated alkanes) is 2. The Kier molecular flexibility index (Phi) is 7.94. The van der Waals surface area contributed by atoms with E-state index < -0.39 is 5.91 Å². The van der Waals surface area contributed by atoms with Crippen molar-refractivity contribution in [3.8, 4) is 11.8 Å². The predicted octanol–water partition coefficient (Wildman–Crippen LogP) is 2.15. The zero-order valence-electron chi connectivity index (χ0n) is 13.0. The molecule has 0 aliphatic rings. The van der Waals surface area contributed by atoms with E-state index in [-0.39, 0.29) is 17.3 Å². The van der Waals surface area contributed by atoms with E-state index in [1.54, 1.807) is 12.1 Å². The summed E-state index contributed by atoms with van der Waals surface area (Å²) < 4.78 is 4.54. The molecule has 6 heteroatoms. The Morgan fingerprint density at radius 2 is 2.13 bits per heavy atom. The Bertz CT molecular complexity index is 617. The quantitative estimate of drug-likeness (QED) is 0.331. The van der Waals surface area contributed by atoms with E-state index >= 15 is 0 Å². The van der Waals surface area contributed by atoms with Crippen molar-refractivity contribution in [3.05, 3.63) is 35.4 Å². The minimum absolute atomic E-state index is 0.0230. The lowest BCUT2D eigenvalue weighted by atomic mass is 10.1. The fraction of sp³-hybridized carbons (Fsp3) is 0.353. The van der Waals surface area contributed by atoms with Gasteiger partial charge in [0.1, 0.15) is 17.4 Å². The molecule has 23 heavy (non-hydrogen) atoms. The van der Waals surface area contributed by atoms with Gasteiger partial charge in [0.25, 0.3) is 5.91 Å². The average molecular weight is 316 g/mol. The van der Waals surface area contributed by atoms with Crippen LogP contribution in [0.4, 0.5) is 0 Å². The Morgan fingerprint density at radius 1 is 1.35 bits per heavy atom. The number of hydrogen-bond acceptors (Lipinski definition) is 5. The lowest BCUT2D eigenvalue weighted by Crippen LogP contribution is -2.25. The molecule has 0 atom stereocenters. The van der Waals surface area contributed by atoms with Gasteiger partial charge in [-0.05, 0) is 36.6 Å². The van der Waals surface area contributed by atoms with E-state index in [1.807, 2.05) is 6.07 Å². The van der Waals surface area contributed by atoms with Crippen LogP contribution in [0.25, 0.3) is 6.08 Å². The standard InChI is InChI=1S/C17H20N2O4/c1-23-16(21)8-3-2-4-9-19-17(22)14(12-18)10-13-6-5-7-15(20)11-13/h5-7,10-11,20H,2-4,8-9H2,1H3,(H,19,22)/b14-10+. The Hall–Kier alpha value is -2.81. The van der Waals surface area contributed by atoms with Crippen molar-refractivity contribution in [2.75, 3.05) is 13.7 Å². The third-order valence-corrected chi connectivity index (χ3v) is 3.12. The maximum Gasteiger partial charge on any atom is 0.305 e. The van der Waals surface area contributed by atoms with Crippen LogP contribution >= 0.6 is 0 Å². The van der Waals surface area contributed by atoms with Crippen LogP contribution in [0.1, 0.15) is 31.2 Å². The highest BCUT2D eigenvalue weighted by atomic mass is 16.5. The van der Waals surface area contributed by atoms with Crippen molar-refractivity contribution in [2.24, 2.45) is 0 Å². The van der Waals surface area contributed by atoms with Gasteiger partial charge in [0.05, 0.1) is 7.11 Å². The summed E-state index contributed by atoms with van der Waals surface area (Å²) in [6, 6.07) is 8.16. The number of methoxy groups -OCH3 is 1. The van der Waals surface area contributed by atoms with Gasteiger partial charge in [-0.1, -0.05) is 18.6 Å². The zero-order chi connectivity index (χ0) is 17.1. The number of phenols is 1. The van der Waals surface area contributed by atoms with Crippen LogP contribution in [0.2, 0.25) is 0 Å². The maximum absolute atomic E-state index is 11.9. The molecular formula is C17H20N2O4. The molecule has 0 unspecified atom stereocenters. The van der Waals surface area contributed by atoms with E-state index in [9.17, 15) is 14.7 Å². The molecular weight excluding hydrogens is 296 g/mol. The maximum atomic E-state index is 11.9. The first-order valence-electron chi connectivity index (χ1n) is 7.32. The van der Waals surface area contributed by atoms with Gasteiger partial charge in [-0.2, -0.15) is 5.26 Å². The summed E-state index contributed by atoms with van der Waals surface area (Å²) in [5.41, 5.74) is 0.555. The van der Waals surface area contributed by atoms with Gasteiger partial charge in [-0.25, -0.2) is 0 Å². The highest BCUT2D eigenvalue weighted by Crippen LogP contribution is 2.14. The molecule has 1 rings (SSSR count). The van der Waals surface area contributed by atoms with Gasteiger partial charge >= 0.3 is 5.97 Å². The number of benzene rings is 1. The number of aromatic hydroxyl groups is 1. The number of hydrogen-bond donors (Lipinski definition) is 2. The monoisotopic (exact) mass is 316 g/mol. The number of rotatable bonds is 8. The average Bonchev–Trinajstić information content (AvgIpc) is 2.55. The summed E-state index contributed by atoms with van der Waals surface area (Å²) in [6.45, 7) is 0.430. The molecule has 1 amide bonds. The van der Waals surface area contributed by atoms with E-state index in [0.717, 1.165) is 6.42 Å². The molecule has 6 nitrogen and oxygen atoms in total. The van der Waals surface area contributed by atoms with Crippen LogP contribution in [-0.4, -0.2) is 30.6 Å². The van der Waals surface area contributed by atoms with Gasteiger partial charge in [-0.3, -0.25) is 9.59 Å². The molecule has 0 spiro atoms. The predicted molar refractivity (Wildman–Crippen MR) is 85.2 cm³/mol. The molecule has 0 aliphatic heterocycles. The first-order valence-corrected chi connectivity index (χ1v) is 7.32. The Balaban J connectivity index is 2.40. The van der Waals surface area contributed by atoms with Crippen molar-refractivity contribution < 1.29 is 19.4 Å². The molecule has 0 aromatic heterocycles.